The predicted molar refractivity (Wildman–Crippen MR) is 113 cm³/mol. The fraction of sp³-hybridized carbons (Fsp3) is 0.300. The Bertz CT molecular complexity index is 1350. The summed E-state index contributed by atoms with van der Waals surface area (Å²) in [5, 5.41) is 14.0. The Labute approximate surface area is 173 Å². The van der Waals surface area contributed by atoms with Crippen LogP contribution in [0.3, 0.4) is 0 Å². The Morgan fingerprint density at radius 3 is 2.57 bits per heavy atom. The third-order valence-corrected chi connectivity index (χ3v) is 6.12. The summed E-state index contributed by atoms with van der Waals surface area (Å²) in [6.45, 7) is 6.50. The number of aromatic hydroxyl groups is 1. The van der Waals surface area contributed by atoms with E-state index in [0.717, 1.165) is 0 Å². The number of aromatic nitrogens is 3. The molecule has 0 atom stereocenters. The van der Waals surface area contributed by atoms with Crippen molar-refractivity contribution in [3.05, 3.63) is 52.6 Å². The standard InChI is InChI=1S/C20H21N5O4S/c1-20(2,3)8-11-25-18-12(6-4-10-22-18)15(26)14(19(25)27)17-23-16-13(7-5-9-21-16)30(28,29)24-17/h4-7,9-10,26H,8,11H2,1-3H3,(H,21,23,24). The maximum Gasteiger partial charge on any atom is 0.287 e. The Hall–Kier alpha value is -3.27. The number of rotatable bonds is 3. The van der Waals surface area contributed by atoms with E-state index in [1.165, 1.54) is 29.1 Å². The van der Waals surface area contributed by atoms with Crippen molar-refractivity contribution in [3.63, 3.8) is 0 Å². The van der Waals surface area contributed by atoms with E-state index in [9.17, 15) is 18.3 Å². The molecule has 30 heavy (non-hydrogen) atoms. The molecule has 0 aliphatic carbocycles. The van der Waals surface area contributed by atoms with Crippen molar-refractivity contribution in [2.24, 2.45) is 9.81 Å². The highest BCUT2D eigenvalue weighted by atomic mass is 32.2. The highest BCUT2D eigenvalue weighted by Crippen LogP contribution is 2.31. The van der Waals surface area contributed by atoms with Crippen LogP contribution in [0.25, 0.3) is 11.0 Å². The van der Waals surface area contributed by atoms with Gasteiger partial charge < -0.3 is 10.4 Å². The summed E-state index contributed by atoms with van der Waals surface area (Å²) >= 11 is 0. The molecular formula is C20H21N5O4S. The lowest BCUT2D eigenvalue weighted by Crippen LogP contribution is -2.33. The molecule has 0 radical (unpaired) electrons. The first-order chi connectivity index (χ1) is 14.1. The van der Waals surface area contributed by atoms with Crippen LogP contribution in [0.4, 0.5) is 5.82 Å². The third-order valence-electron chi connectivity index (χ3n) is 4.81. The summed E-state index contributed by atoms with van der Waals surface area (Å²) in [5.41, 5.74) is -0.537. The molecule has 156 valence electrons. The van der Waals surface area contributed by atoms with Gasteiger partial charge in [-0.3, -0.25) is 9.36 Å². The van der Waals surface area contributed by atoms with Crippen molar-refractivity contribution >= 4 is 32.7 Å². The summed E-state index contributed by atoms with van der Waals surface area (Å²) in [6.07, 6.45) is 3.64. The second-order valence-electron chi connectivity index (χ2n) is 8.26. The van der Waals surface area contributed by atoms with E-state index in [4.69, 9.17) is 0 Å². The summed E-state index contributed by atoms with van der Waals surface area (Å²) in [5.74, 6) is -0.594. The van der Waals surface area contributed by atoms with Gasteiger partial charge in [0.15, 0.2) is 11.7 Å². The van der Waals surface area contributed by atoms with E-state index >= 15 is 0 Å². The topological polar surface area (TPSA) is 127 Å². The minimum Gasteiger partial charge on any atom is -0.506 e. The van der Waals surface area contributed by atoms with Crippen LogP contribution in [0.5, 0.6) is 5.75 Å². The zero-order valence-corrected chi connectivity index (χ0v) is 17.6. The molecule has 10 heteroatoms. The Morgan fingerprint density at radius 1 is 1.13 bits per heavy atom. The van der Waals surface area contributed by atoms with Gasteiger partial charge in [-0.2, -0.15) is 8.42 Å². The van der Waals surface area contributed by atoms with Crippen LogP contribution in [-0.4, -0.2) is 33.9 Å². The quantitative estimate of drug-likeness (QED) is 0.657. The molecule has 0 spiro atoms. The second-order valence-corrected chi connectivity index (χ2v) is 9.83. The van der Waals surface area contributed by atoms with Crippen LogP contribution in [0.1, 0.15) is 32.8 Å². The first kappa shape index (κ1) is 20.0. The SMILES string of the molecule is CC(C)(C)CCn1c(=O)c(C2=NS(=O)(=O)c3cccnc3N2)c(O)c2cccnc21. The largest absolute Gasteiger partial charge is 0.506 e. The van der Waals surface area contributed by atoms with E-state index in [1.807, 2.05) is 0 Å². The van der Waals surface area contributed by atoms with Gasteiger partial charge in [0.1, 0.15) is 21.9 Å². The average Bonchev–Trinajstić information content (AvgIpc) is 2.67. The summed E-state index contributed by atoms with van der Waals surface area (Å²) in [4.78, 5) is 21.6. The zero-order chi connectivity index (χ0) is 21.7. The highest BCUT2D eigenvalue weighted by molar-refractivity contribution is 7.90. The number of aryl methyl sites for hydroxylation is 1. The fourth-order valence-electron chi connectivity index (χ4n) is 3.24. The van der Waals surface area contributed by atoms with Gasteiger partial charge in [0.25, 0.3) is 15.6 Å². The van der Waals surface area contributed by atoms with Crippen molar-refractivity contribution in [3.8, 4) is 5.75 Å². The van der Waals surface area contributed by atoms with Crippen LogP contribution in [0.15, 0.2) is 50.7 Å². The van der Waals surface area contributed by atoms with Gasteiger partial charge in [0.2, 0.25) is 0 Å². The number of nitrogens with one attached hydrogen (secondary N) is 1. The predicted octanol–water partition coefficient (Wildman–Crippen LogP) is 2.49. The van der Waals surface area contributed by atoms with Gasteiger partial charge in [0, 0.05) is 18.9 Å². The first-order valence-electron chi connectivity index (χ1n) is 9.36. The minimum absolute atomic E-state index is 0.0498. The van der Waals surface area contributed by atoms with Gasteiger partial charge in [-0.25, -0.2) is 9.97 Å². The normalized spacial score (nSPS) is 15.4. The van der Waals surface area contributed by atoms with E-state index in [-0.39, 0.29) is 33.3 Å². The molecule has 1 aliphatic rings. The van der Waals surface area contributed by atoms with Crippen molar-refractivity contribution in [2.75, 3.05) is 5.32 Å². The molecule has 0 saturated carbocycles. The zero-order valence-electron chi connectivity index (χ0n) is 16.7. The summed E-state index contributed by atoms with van der Waals surface area (Å²) in [6, 6.07) is 6.11. The van der Waals surface area contributed by atoms with Gasteiger partial charge in [-0.05, 0) is 36.1 Å². The molecule has 0 amide bonds. The van der Waals surface area contributed by atoms with Gasteiger partial charge in [-0.15, -0.1) is 4.40 Å². The molecule has 4 heterocycles. The number of sulfonamides is 1. The number of nitrogens with zero attached hydrogens (tertiary/aromatic N) is 4. The number of anilines is 1. The number of hydrogen-bond acceptors (Lipinski definition) is 7. The highest BCUT2D eigenvalue weighted by Gasteiger charge is 2.30. The summed E-state index contributed by atoms with van der Waals surface area (Å²) < 4.78 is 30.4. The van der Waals surface area contributed by atoms with Crippen LogP contribution in [-0.2, 0) is 16.6 Å². The monoisotopic (exact) mass is 427 g/mol. The fourth-order valence-corrected chi connectivity index (χ4v) is 4.31. The number of pyridine rings is 3. The number of amidine groups is 1. The molecule has 2 N–H and O–H groups in total. The van der Waals surface area contributed by atoms with Crippen LogP contribution < -0.4 is 10.9 Å². The number of hydrogen-bond donors (Lipinski definition) is 2. The molecule has 0 unspecified atom stereocenters. The second kappa shape index (κ2) is 6.91. The smallest absolute Gasteiger partial charge is 0.287 e. The van der Waals surface area contributed by atoms with Crippen molar-refractivity contribution < 1.29 is 13.5 Å². The van der Waals surface area contributed by atoms with Crippen LogP contribution >= 0.6 is 0 Å². The molecule has 3 aromatic heterocycles. The maximum absolute atomic E-state index is 13.4. The van der Waals surface area contributed by atoms with Crippen molar-refractivity contribution in [1.29, 1.82) is 0 Å². The third kappa shape index (κ3) is 3.43. The minimum atomic E-state index is -4.09. The molecule has 3 aromatic rings. The van der Waals surface area contributed by atoms with Gasteiger partial charge in [0.05, 0.1) is 5.39 Å². The van der Waals surface area contributed by atoms with E-state index < -0.39 is 15.6 Å². The lowest BCUT2D eigenvalue weighted by atomic mass is 9.92. The molecule has 1 aliphatic heterocycles. The molecule has 0 aromatic carbocycles. The molecule has 0 fully saturated rings. The lowest BCUT2D eigenvalue weighted by Gasteiger charge is -2.22. The molecule has 0 bridgehead atoms. The lowest BCUT2D eigenvalue weighted by molar-refractivity contribution is 0.350. The van der Waals surface area contributed by atoms with Crippen molar-refractivity contribution in [2.45, 2.75) is 38.6 Å². The number of fused-ring (bicyclic) bond motifs is 2. The molecule has 9 nitrogen and oxygen atoms in total. The Morgan fingerprint density at radius 2 is 1.83 bits per heavy atom. The van der Waals surface area contributed by atoms with Gasteiger partial charge in [-0.1, -0.05) is 20.8 Å². The molecule has 4 rings (SSSR count). The van der Waals surface area contributed by atoms with E-state index in [1.54, 1.807) is 12.1 Å². The van der Waals surface area contributed by atoms with E-state index in [2.05, 4.69) is 40.5 Å². The van der Waals surface area contributed by atoms with Gasteiger partial charge >= 0.3 is 0 Å². The summed E-state index contributed by atoms with van der Waals surface area (Å²) in [7, 11) is -4.09. The average molecular weight is 427 g/mol. The van der Waals surface area contributed by atoms with Crippen LogP contribution in [0.2, 0.25) is 0 Å². The Balaban J connectivity index is 1.97. The van der Waals surface area contributed by atoms with E-state index in [0.29, 0.717) is 24.0 Å². The molecule has 0 saturated heterocycles. The molecular weight excluding hydrogens is 406 g/mol. The van der Waals surface area contributed by atoms with Crippen molar-refractivity contribution in [1.82, 2.24) is 14.5 Å². The first-order valence-corrected chi connectivity index (χ1v) is 10.8. The van der Waals surface area contributed by atoms with Crippen LogP contribution in [0, 0.1) is 5.41 Å². The Kier molecular flexibility index (Phi) is 4.61. The maximum atomic E-state index is 13.4.